The second-order valence-electron chi connectivity index (χ2n) is 3.17. The summed E-state index contributed by atoms with van der Waals surface area (Å²) in [6.07, 6.45) is 15.4. The van der Waals surface area contributed by atoms with E-state index in [0.29, 0.717) is 0 Å². The van der Waals surface area contributed by atoms with Crippen LogP contribution in [0.2, 0.25) is 0 Å². The molecule has 0 aromatic rings. The molecule has 62 valence electrons. The number of unbranched alkanes of at least 4 members (excludes halogenated alkanes) is 3. The van der Waals surface area contributed by atoms with E-state index in [9.17, 15) is 0 Å². The van der Waals surface area contributed by atoms with E-state index in [1.165, 1.54) is 37.7 Å². The van der Waals surface area contributed by atoms with Crippen molar-refractivity contribution in [2.75, 3.05) is 0 Å². The maximum atomic E-state index is 3.27. The maximum Gasteiger partial charge on any atom is 1.00 e. The Hall–Kier alpha value is 0.0774. The van der Waals surface area contributed by atoms with Gasteiger partial charge in [0.15, 0.2) is 0 Å². The van der Waals surface area contributed by atoms with Crippen LogP contribution >= 0.6 is 0 Å². The van der Waals surface area contributed by atoms with Crippen LogP contribution in [0.5, 0.6) is 0 Å². The molecule has 0 saturated heterocycles. The van der Waals surface area contributed by atoms with Crippen molar-refractivity contribution < 1.29 is 18.9 Å². The molecule has 0 fully saturated rings. The number of rotatable bonds is 5. The van der Waals surface area contributed by atoms with Crippen LogP contribution in [0.4, 0.5) is 0 Å². The van der Waals surface area contributed by atoms with Crippen LogP contribution in [-0.4, -0.2) is 0 Å². The van der Waals surface area contributed by atoms with Crippen molar-refractivity contribution in [3.05, 3.63) is 23.8 Å². The molecule has 0 spiro atoms. The summed E-state index contributed by atoms with van der Waals surface area (Å²) in [6, 6.07) is 0. The second kappa shape index (κ2) is 7.71. The van der Waals surface area contributed by atoms with Gasteiger partial charge in [-0.1, -0.05) is 45.4 Å². The van der Waals surface area contributed by atoms with E-state index in [4.69, 9.17) is 0 Å². The van der Waals surface area contributed by atoms with E-state index in [1.54, 1.807) is 0 Å². The minimum Gasteiger partial charge on any atom is -0.253 e. The molecule has 1 rings (SSSR count). The maximum absolute atomic E-state index is 3.27. The van der Waals surface area contributed by atoms with E-state index >= 15 is 0 Å². The molecule has 0 aliphatic heterocycles. The van der Waals surface area contributed by atoms with Crippen LogP contribution in [0.3, 0.4) is 0 Å². The molecular weight excluding hydrogens is 139 g/mol. The zero-order chi connectivity index (χ0) is 7.94. The Morgan fingerprint density at radius 3 is 2.75 bits per heavy atom. The van der Waals surface area contributed by atoms with Crippen LogP contribution < -0.4 is 18.9 Å². The molecule has 0 N–H and O–H groups in total. The first kappa shape index (κ1) is 12.1. The van der Waals surface area contributed by atoms with E-state index in [1.807, 2.05) is 0 Å². The third-order valence-electron chi connectivity index (χ3n) is 2.10. The van der Waals surface area contributed by atoms with Gasteiger partial charge in [-0.15, -0.1) is 0 Å². The Morgan fingerprint density at radius 1 is 1.33 bits per heavy atom. The first-order valence-electron chi connectivity index (χ1n) is 4.69. The van der Waals surface area contributed by atoms with Crippen molar-refractivity contribution >= 4 is 0 Å². The van der Waals surface area contributed by atoms with Gasteiger partial charge in [0.05, 0.1) is 0 Å². The summed E-state index contributed by atoms with van der Waals surface area (Å²) in [5, 5.41) is 0. The molecule has 0 unspecified atom stereocenters. The molecule has 0 atom stereocenters. The summed E-state index contributed by atoms with van der Waals surface area (Å²) in [5.41, 5.74) is 1.50. The Kier molecular flexibility index (Phi) is 7.76. The summed E-state index contributed by atoms with van der Waals surface area (Å²) >= 11 is 0. The monoisotopic (exact) mass is 156 g/mol. The fraction of sp³-hybridized carbons (Fsp3) is 0.636. The van der Waals surface area contributed by atoms with Crippen molar-refractivity contribution in [1.29, 1.82) is 0 Å². The van der Waals surface area contributed by atoms with Gasteiger partial charge in [-0.25, -0.2) is 12.2 Å². The van der Waals surface area contributed by atoms with Crippen LogP contribution in [-0.2, 0) is 0 Å². The molecule has 0 bridgehead atoms. The Morgan fingerprint density at radius 2 is 2.17 bits per heavy atom. The summed E-state index contributed by atoms with van der Waals surface area (Å²) in [7, 11) is 0. The van der Waals surface area contributed by atoms with Gasteiger partial charge < -0.3 is 0 Å². The van der Waals surface area contributed by atoms with Crippen molar-refractivity contribution in [1.82, 2.24) is 0 Å². The van der Waals surface area contributed by atoms with Crippen LogP contribution in [0, 0.1) is 6.08 Å². The molecule has 12 heavy (non-hydrogen) atoms. The van der Waals surface area contributed by atoms with E-state index in [0.717, 1.165) is 6.42 Å². The van der Waals surface area contributed by atoms with Gasteiger partial charge in [0, 0.05) is 0 Å². The molecular formula is C11H17Li. The minimum atomic E-state index is 0. The van der Waals surface area contributed by atoms with Gasteiger partial charge in [-0.05, 0) is 0 Å². The number of hydrogen-bond donors (Lipinski definition) is 0. The molecule has 1 aliphatic carbocycles. The Balaban J connectivity index is 0.00000121. The molecule has 0 heterocycles. The van der Waals surface area contributed by atoms with Crippen LogP contribution in [0.1, 0.15) is 45.4 Å². The third kappa shape index (κ3) is 4.86. The predicted octanol–water partition coefficient (Wildman–Crippen LogP) is 0.650. The molecule has 0 nitrogen and oxygen atoms in total. The summed E-state index contributed by atoms with van der Waals surface area (Å²) in [5.74, 6) is 0. The average molecular weight is 156 g/mol. The molecule has 0 aromatic heterocycles. The second-order valence-corrected chi connectivity index (χ2v) is 3.17. The van der Waals surface area contributed by atoms with Crippen molar-refractivity contribution in [3.8, 4) is 0 Å². The van der Waals surface area contributed by atoms with Crippen LogP contribution in [0.15, 0.2) is 17.7 Å². The number of allylic oxidation sites excluding steroid dienone is 4. The Labute approximate surface area is 88.3 Å². The van der Waals surface area contributed by atoms with E-state index in [2.05, 4.69) is 25.2 Å². The Bertz CT molecular complexity index is 156. The van der Waals surface area contributed by atoms with Gasteiger partial charge in [0.25, 0.3) is 0 Å². The smallest absolute Gasteiger partial charge is 0.253 e. The van der Waals surface area contributed by atoms with E-state index < -0.39 is 0 Å². The van der Waals surface area contributed by atoms with E-state index in [-0.39, 0.29) is 18.9 Å². The molecule has 0 aromatic carbocycles. The SMILES string of the molecule is CCCCCCC1=[C-]C=CC1.[Li+]. The van der Waals surface area contributed by atoms with Crippen molar-refractivity contribution in [3.63, 3.8) is 0 Å². The van der Waals surface area contributed by atoms with Gasteiger partial charge in [0.2, 0.25) is 0 Å². The normalized spacial score (nSPS) is 14.2. The van der Waals surface area contributed by atoms with Gasteiger partial charge in [-0.2, -0.15) is 5.57 Å². The van der Waals surface area contributed by atoms with Gasteiger partial charge >= 0.3 is 18.9 Å². The summed E-state index contributed by atoms with van der Waals surface area (Å²) in [6.45, 7) is 2.25. The first-order chi connectivity index (χ1) is 5.43. The topological polar surface area (TPSA) is 0 Å². The summed E-state index contributed by atoms with van der Waals surface area (Å²) < 4.78 is 0. The number of hydrogen-bond acceptors (Lipinski definition) is 0. The van der Waals surface area contributed by atoms with Gasteiger partial charge in [0.1, 0.15) is 0 Å². The quantitative estimate of drug-likeness (QED) is 0.311. The first-order valence-corrected chi connectivity index (χ1v) is 4.69. The molecule has 1 heteroatoms. The average Bonchev–Trinajstić information content (AvgIpc) is 2.50. The molecule has 1 aliphatic rings. The molecule has 0 amide bonds. The fourth-order valence-electron chi connectivity index (χ4n) is 1.38. The molecule has 0 radical (unpaired) electrons. The zero-order valence-corrected chi connectivity index (χ0v) is 8.40. The standard InChI is InChI=1S/C11H17.Li/c1-2-3-4-5-8-11-9-6-7-10-11;/h6-7H,2-5,8-9H2,1H3;/q-1;+1. The van der Waals surface area contributed by atoms with Crippen molar-refractivity contribution in [2.45, 2.75) is 45.4 Å². The minimum absolute atomic E-state index is 0. The third-order valence-corrected chi connectivity index (χ3v) is 2.10. The zero-order valence-electron chi connectivity index (χ0n) is 8.40. The van der Waals surface area contributed by atoms with Crippen molar-refractivity contribution in [2.24, 2.45) is 0 Å². The summed E-state index contributed by atoms with van der Waals surface area (Å²) in [4.78, 5) is 0. The largest absolute Gasteiger partial charge is 1.00 e. The van der Waals surface area contributed by atoms with Gasteiger partial charge in [-0.3, -0.25) is 6.08 Å². The fourth-order valence-corrected chi connectivity index (χ4v) is 1.38. The predicted molar refractivity (Wildman–Crippen MR) is 49.3 cm³/mol. The molecule has 0 saturated carbocycles. The van der Waals surface area contributed by atoms with Crippen LogP contribution in [0.25, 0.3) is 0 Å².